The van der Waals surface area contributed by atoms with Gasteiger partial charge in [-0.2, -0.15) is 0 Å². The number of H-pyrrole nitrogens is 1. The Morgan fingerprint density at radius 3 is 2.02 bits per heavy atom. The van der Waals surface area contributed by atoms with Gasteiger partial charge in [-0.3, -0.25) is 24.0 Å². The van der Waals surface area contributed by atoms with Gasteiger partial charge in [0.05, 0.1) is 12.5 Å². The summed E-state index contributed by atoms with van der Waals surface area (Å²) in [5.41, 5.74) is 12.9. The molecule has 4 atom stereocenters. The van der Waals surface area contributed by atoms with Gasteiger partial charge in [0.15, 0.2) is 0 Å². The van der Waals surface area contributed by atoms with Crippen LogP contribution in [0, 0.1) is 0 Å². The zero-order valence-corrected chi connectivity index (χ0v) is 23.1. The molecule has 228 valence electrons. The van der Waals surface area contributed by atoms with Crippen LogP contribution in [0.15, 0.2) is 60.8 Å². The third kappa shape index (κ3) is 9.67. The van der Waals surface area contributed by atoms with Gasteiger partial charge in [-0.25, -0.2) is 4.79 Å². The summed E-state index contributed by atoms with van der Waals surface area (Å²) < 4.78 is 0. The number of nitrogens with one attached hydrogen (secondary N) is 4. The number of aromatic nitrogens is 1. The van der Waals surface area contributed by atoms with Gasteiger partial charge >= 0.3 is 11.9 Å². The number of amides is 4. The van der Waals surface area contributed by atoms with E-state index in [4.69, 9.17) is 11.5 Å². The predicted octanol–water partition coefficient (Wildman–Crippen LogP) is -0.440. The van der Waals surface area contributed by atoms with E-state index in [2.05, 4.69) is 20.9 Å². The number of carbonyl (C=O) groups excluding carboxylic acids is 4. The normalized spacial score (nSPS) is 13.7. The molecule has 0 aliphatic heterocycles. The summed E-state index contributed by atoms with van der Waals surface area (Å²) in [5, 5.41) is 27.1. The lowest BCUT2D eigenvalue weighted by atomic mass is 10.0. The van der Waals surface area contributed by atoms with Crippen LogP contribution in [-0.2, 0) is 41.6 Å². The number of para-hydroxylation sites is 1. The smallest absolute Gasteiger partial charge is 0.326 e. The van der Waals surface area contributed by atoms with Gasteiger partial charge in [0, 0.05) is 36.4 Å². The second kappa shape index (κ2) is 15.1. The molecule has 43 heavy (non-hydrogen) atoms. The molecule has 1 heterocycles. The van der Waals surface area contributed by atoms with E-state index in [-0.39, 0.29) is 19.3 Å². The zero-order chi connectivity index (χ0) is 31.5. The molecule has 0 aliphatic rings. The maximum Gasteiger partial charge on any atom is 0.326 e. The second-order valence-corrected chi connectivity index (χ2v) is 9.98. The van der Waals surface area contributed by atoms with E-state index in [1.165, 1.54) is 0 Å². The van der Waals surface area contributed by atoms with Crippen molar-refractivity contribution in [1.29, 1.82) is 0 Å². The van der Waals surface area contributed by atoms with E-state index >= 15 is 0 Å². The summed E-state index contributed by atoms with van der Waals surface area (Å²) in [5.74, 6) is -6.01. The summed E-state index contributed by atoms with van der Waals surface area (Å²) >= 11 is 0. The number of hydrogen-bond acceptors (Lipinski definition) is 7. The molecule has 3 rings (SSSR count). The third-order valence-electron chi connectivity index (χ3n) is 6.67. The van der Waals surface area contributed by atoms with Crippen molar-refractivity contribution in [3.05, 3.63) is 71.9 Å². The fourth-order valence-corrected chi connectivity index (χ4v) is 4.45. The molecule has 0 fully saturated rings. The highest BCUT2D eigenvalue weighted by Crippen LogP contribution is 2.19. The first-order valence-corrected chi connectivity index (χ1v) is 13.4. The summed E-state index contributed by atoms with van der Waals surface area (Å²) in [6, 6.07) is 10.3. The fourth-order valence-electron chi connectivity index (χ4n) is 4.45. The van der Waals surface area contributed by atoms with Crippen molar-refractivity contribution >= 4 is 46.5 Å². The fraction of sp³-hybridized carbons (Fsp3) is 0.310. The number of primary amides is 1. The van der Waals surface area contributed by atoms with E-state index in [1.54, 1.807) is 48.7 Å². The zero-order valence-electron chi connectivity index (χ0n) is 23.1. The summed E-state index contributed by atoms with van der Waals surface area (Å²) in [7, 11) is 0. The van der Waals surface area contributed by atoms with E-state index in [0.29, 0.717) is 11.1 Å². The van der Waals surface area contributed by atoms with Crippen molar-refractivity contribution < 1.29 is 39.0 Å². The highest BCUT2D eigenvalue weighted by Gasteiger charge is 2.31. The topological polar surface area (TPSA) is 247 Å². The van der Waals surface area contributed by atoms with Gasteiger partial charge in [0.1, 0.15) is 18.1 Å². The number of fused-ring (bicyclic) bond motifs is 1. The SMILES string of the molecule is NC(=O)CC(N)C(=O)NC(Cc1ccccc1)C(=O)NC(CCC(=O)O)C(=O)NC(Cc1c[nH]c2ccccc12)C(=O)O. The Morgan fingerprint density at radius 1 is 0.767 bits per heavy atom. The molecular weight excluding hydrogens is 560 g/mol. The highest BCUT2D eigenvalue weighted by molar-refractivity contribution is 5.95. The number of hydrogen-bond donors (Lipinski definition) is 8. The Bertz CT molecular complexity index is 1470. The third-order valence-corrected chi connectivity index (χ3v) is 6.67. The number of aromatic amines is 1. The number of carboxylic acids is 2. The first-order valence-electron chi connectivity index (χ1n) is 13.4. The van der Waals surface area contributed by atoms with Crippen molar-refractivity contribution in [2.75, 3.05) is 0 Å². The van der Waals surface area contributed by atoms with E-state index in [9.17, 15) is 39.0 Å². The van der Waals surface area contributed by atoms with Gasteiger partial charge in [-0.1, -0.05) is 48.5 Å². The number of carboxylic acid groups (broad SMARTS) is 2. The monoisotopic (exact) mass is 594 g/mol. The average molecular weight is 595 g/mol. The van der Waals surface area contributed by atoms with E-state index in [1.807, 2.05) is 12.1 Å². The molecule has 0 saturated carbocycles. The van der Waals surface area contributed by atoms with E-state index in [0.717, 1.165) is 10.9 Å². The maximum atomic E-state index is 13.4. The molecule has 0 aliphatic carbocycles. The van der Waals surface area contributed by atoms with Crippen LogP contribution in [-0.4, -0.2) is 74.9 Å². The standard InChI is InChI=1S/C29H34N6O8/c30-19(14-24(31)36)26(39)34-22(12-16-6-2-1-3-7-16)28(41)33-21(10-11-25(37)38)27(40)35-23(29(42)43)13-17-15-32-20-9-5-4-8-18(17)20/h1-9,15,19,21-23,32H,10-14,30H2,(H2,31,36)(H,33,41)(H,34,39)(H,35,40)(H,37,38)(H,42,43). The number of nitrogens with two attached hydrogens (primary N) is 2. The maximum absolute atomic E-state index is 13.4. The summed E-state index contributed by atoms with van der Waals surface area (Å²) in [6.45, 7) is 0. The van der Waals surface area contributed by atoms with Crippen molar-refractivity contribution in [1.82, 2.24) is 20.9 Å². The molecular formula is C29H34N6O8. The Kier molecular flexibility index (Phi) is 11.3. The van der Waals surface area contributed by atoms with Crippen molar-refractivity contribution in [2.45, 2.75) is 56.3 Å². The number of benzene rings is 2. The minimum absolute atomic E-state index is 0.0344. The molecule has 14 nitrogen and oxygen atoms in total. The first-order chi connectivity index (χ1) is 20.4. The van der Waals surface area contributed by atoms with Crippen LogP contribution in [0.3, 0.4) is 0 Å². The minimum Gasteiger partial charge on any atom is -0.481 e. The van der Waals surface area contributed by atoms with Crippen LogP contribution >= 0.6 is 0 Å². The number of carbonyl (C=O) groups is 6. The molecule has 1 aromatic heterocycles. The second-order valence-electron chi connectivity index (χ2n) is 9.98. The van der Waals surface area contributed by atoms with Crippen LogP contribution in [0.1, 0.15) is 30.4 Å². The van der Waals surface area contributed by atoms with Crippen LogP contribution < -0.4 is 27.4 Å². The van der Waals surface area contributed by atoms with Crippen LogP contribution in [0.25, 0.3) is 10.9 Å². The van der Waals surface area contributed by atoms with Crippen molar-refractivity contribution in [2.24, 2.45) is 11.5 Å². The van der Waals surface area contributed by atoms with E-state index < -0.39 is 72.6 Å². The largest absolute Gasteiger partial charge is 0.481 e. The Balaban J connectivity index is 1.80. The average Bonchev–Trinajstić information content (AvgIpc) is 3.37. The van der Waals surface area contributed by atoms with Gasteiger partial charge in [-0.05, 0) is 23.6 Å². The van der Waals surface area contributed by atoms with Crippen LogP contribution in [0.4, 0.5) is 0 Å². The lowest BCUT2D eigenvalue weighted by Crippen LogP contribution is -2.58. The van der Waals surface area contributed by atoms with Crippen molar-refractivity contribution in [3.63, 3.8) is 0 Å². The van der Waals surface area contributed by atoms with Crippen LogP contribution in [0.5, 0.6) is 0 Å². The molecule has 3 aromatic rings. The first kappa shape index (κ1) is 32.3. The molecule has 0 bridgehead atoms. The molecule has 0 saturated heterocycles. The highest BCUT2D eigenvalue weighted by atomic mass is 16.4. The predicted molar refractivity (Wildman–Crippen MR) is 154 cm³/mol. The molecule has 14 heteroatoms. The lowest BCUT2D eigenvalue weighted by molar-refractivity contribution is -0.143. The lowest BCUT2D eigenvalue weighted by Gasteiger charge is -2.25. The molecule has 4 amide bonds. The van der Waals surface area contributed by atoms with Gasteiger partial charge in [0.25, 0.3) is 0 Å². The van der Waals surface area contributed by atoms with Gasteiger partial charge < -0.3 is 42.6 Å². The van der Waals surface area contributed by atoms with Crippen molar-refractivity contribution in [3.8, 4) is 0 Å². The molecule has 10 N–H and O–H groups in total. The Hall–Kier alpha value is -5.24. The molecule has 0 spiro atoms. The van der Waals surface area contributed by atoms with Gasteiger partial charge in [-0.15, -0.1) is 0 Å². The molecule has 2 aromatic carbocycles. The molecule has 0 radical (unpaired) electrons. The number of rotatable bonds is 16. The summed E-state index contributed by atoms with van der Waals surface area (Å²) in [6.07, 6.45) is 0.165. The quantitative estimate of drug-likeness (QED) is 0.107. The molecule has 4 unspecified atom stereocenters. The van der Waals surface area contributed by atoms with Gasteiger partial charge in [0.2, 0.25) is 23.6 Å². The summed E-state index contributed by atoms with van der Waals surface area (Å²) in [4.78, 5) is 77.0. The minimum atomic E-state index is -1.46. The Labute approximate surface area is 246 Å². The Morgan fingerprint density at radius 2 is 1.37 bits per heavy atom. The van der Waals surface area contributed by atoms with Crippen LogP contribution in [0.2, 0.25) is 0 Å². The number of aliphatic carboxylic acids is 2.